The van der Waals surface area contributed by atoms with Gasteiger partial charge in [0.2, 0.25) is 0 Å². The van der Waals surface area contributed by atoms with E-state index in [0.717, 1.165) is 22.6 Å². The quantitative estimate of drug-likeness (QED) is 0.204. The van der Waals surface area contributed by atoms with Gasteiger partial charge in [0.25, 0.3) is 0 Å². The van der Waals surface area contributed by atoms with Crippen LogP contribution in [-0.4, -0.2) is 10.6 Å². The highest BCUT2D eigenvalue weighted by molar-refractivity contribution is 6.11. The molecule has 1 aliphatic carbocycles. The molecule has 212 valence electrons. The van der Waals surface area contributed by atoms with Crippen molar-refractivity contribution in [1.82, 2.24) is 4.57 Å². The SMILES string of the molecule is C1=CC2c3ccc4c(c3N(c3ccc5c(c3)c3ccccc3n5-c3ccccc3)C2C=C1)-c1ccccc1-c1ccccc1O4. The molecule has 0 radical (unpaired) electrons. The molecular weight excluding hydrogens is 548 g/mol. The molecule has 3 heterocycles. The molecule has 0 saturated heterocycles. The van der Waals surface area contributed by atoms with Crippen LogP contribution in [0.2, 0.25) is 0 Å². The lowest BCUT2D eigenvalue weighted by molar-refractivity contribution is 0.488. The summed E-state index contributed by atoms with van der Waals surface area (Å²) in [5.41, 5.74) is 12.0. The van der Waals surface area contributed by atoms with Crippen molar-refractivity contribution in [3.63, 3.8) is 0 Å². The van der Waals surface area contributed by atoms with Gasteiger partial charge in [-0.3, -0.25) is 0 Å². The lowest BCUT2D eigenvalue weighted by atomic mass is 9.88. The van der Waals surface area contributed by atoms with Gasteiger partial charge in [0.05, 0.1) is 22.8 Å². The van der Waals surface area contributed by atoms with Crippen LogP contribution in [0.5, 0.6) is 11.5 Å². The summed E-state index contributed by atoms with van der Waals surface area (Å²) in [5, 5.41) is 2.50. The molecule has 0 saturated carbocycles. The maximum atomic E-state index is 6.76. The van der Waals surface area contributed by atoms with Gasteiger partial charge in [-0.05, 0) is 65.2 Å². The van der Waals surface area contributed by atoms with Crippen LogP contribution < -0.4 is 9.64 Å². The number of fused-ring (bicyclic) bond motifs is 12. The summed E-state index contributed by atoms with van der Waals surface area (Å²) in [6, 6.07) is 48.2. The summed E-state index contributed by atoms with van der Waals surface area (Å²) < 4.78 is 9.14. The molecule has 0 bridgehead atoms. The molecule has 2 atom stereocenters. The second kappa shape index (κ2) is 9.35. The first-order valence-corrected chi connectivity index (χ1v) is 15.6. The van der Waals surface area contributed by atoms with E-state index in [9.17, 15) is 0 Å². The molecule has 7 aromatic rings. The van der Waals surface area contributed by atoms with E-state index in [1.165, 1.54) is 55.6 Å². The van der Waals surface area contributed by atoms with Crippen molar-refractivity contribution < 1.29 is 4.74 Å². The smallest absolute Gasteiger partial charge is 0.137 e. The number of benzene rings is 6. The summed E-state index contributed by atoms with van der Waals surface area (Å²) in [4.78, 5) is 2.56. The second-order valence-electron chi connectivity index (χ2n) is 12.1. The number of ether oxygens (including phenoxy) is 1. The summed E-state index contributed by atoms with van der Waals surface area (Å²) in [6.07, 6.45) is 9.09. The lowest BCUT2D eigenvalue weighted by Gasteiger charge is -2.30. The van der Waals surface area contributed by atoms with E-state index < -0.39 is 0 Å². The average Bonchev–Trinajstić information content (AvgIpc) is 3.56. The molecule has 0 amide bonds. The number of anilines is 2. The highest BCUT2D eigenvalue weighted by atomic mass is 16.5. The number of hydrogen-bond donors (Lipinski definition) is 0. The number of allylic oxidation sites excluding steroid dienone is 2. The van der Waals surface area contributed by atoms with E-state index in [2.05, 4.69) is 167 Å². The van der Waals surface area contributed by atoms with Crippen LogP contribution in [0.15, 0.2) is 158 Å². The number of hydrogen-bond acceptors (Lipinski definition) is 2. The predicted molar refractivity (Wildman–Crippen MR) is 185 cm³/mol. The molecule has 3 aliphatic rings. The van der Waals surface area contributed by atoms with Crippen molar-refractivity contribution >= 4 is 33.2 Å². The Balaban J connectivity index is 1.25. The minimum atomic E-state index is 0.161. The summed E-state index contributed by atoms with van der Waals surface area (Å²) >= 11 is 0. The van der Waals surface area contributed by atoms with Gasteiger partial charge < -0.3 is 14.2 Å². The maximum Gasteiger partial charge on any atom is 0.137 e. The zero-order valence-electron chi connectivity index (χ0n) is 24.5. The predicted octanol–water partition coefficient (Wildman–Crippen LogP) is 11.0. The topological polar surface area (TPSA) is 17.4 Å². The third kappa shape index (κ3) is 3.46. The zero-order valence-corrected chi connectivity index (χ0v) is 24.5. The third-order valence-corrected chi connectivity index (χ3v) is 9.72. The van der Waals surface area contributed by atoms with Gasteiger partial charge in [0.1, 0.15) is 11.5 Å². The Hall–Kier alpha value is -5.80. The van der Waals surface area contributed by atoms with Crippen LogP contribution >= 0.6 is 0 Å². The van der Waals surface area contributed by atoms with Gasteiger partial charge in [-0.2, -0.15) is 0 Å². The van der Waals surface area contributed by atoms with E-state index in [-0.39, 0.29) is 12.0 Å². The van der Waals surface area contributed by atoms with Crippen molar-refractivity contribution in [2.75, 3.05) is 4.90 Å². The molecule has 10 rings (SSSR count). The van der Waals surface area contributed by atoms with Crippen molar-refractivity contribution in [1.29, 1.82) is 0 Å². The average molecular weight is 577 g/mol. The fraction of sp³-hybridized carbons (Fsp3) is 0.0476. The van der Waals surface area contributed by atoms with Gasteiger partial charge in [0, 0.05) is 39.2 Å². The fourth-order valence-corrected chi connectivity index (χ4v) is 7.84. The number of aromatic nitrogens is 1. The first-order chi connectivity index (χ1) is 22.3. The highest BCUT2D eigenvalue weighted by Gasteiger charge is 2.41. The van der Waals surface area contributed by atoms with Crippen LogP contribution in [0, 0.1) is 0 Å². The van der Waals surface area contributed by atoms with Gasteiger partial charge in [-0.15, -0.1) is 0 Å². The molecular formula is C42H28N2O. The second-order valence-corrected chi connectivity index (χ2v) is 12.1. The number of nitrogens with zero attached hydrogens (tertiary/aromatic N) is 2. The Morgan fingerprint density at radius 3 is 2.16 bits per heavy atom. The molecule has 0 spiro atoms. The Labute approximate surface area is 261 Å². The fourth-order valence-electron chi connectivity index (χ4n) is 7.84. The van der Waals surface area contributed by atoms with Crippen molar-refractivity contribution in [2.24, 2.45) is 0 Å². The largest absolute Gasteiger partial charge is 0.456 e. The number of rotatable bonds is 2. The Kier molecular flexibility index (Phi) is 5.11. The first-order valence-electron chi connectivity index (χ1n) is 15.6. The number of para-hydroxylation sites is 3. The molecule has 45 heavy (non-hydrogen) atoms. The minimum absolute atomic E-state index is 0.161. The molecule has 3 nitrogen and oxygen atoms in total. The van der Waals surface area contributed by atoms with Gasteiger partial charge in [-0.1, -0.05) is 109 Å². The van der Waals surface area contributed by atoms with Gasteiger partial charge in [-0.25, -0.2) is 0 Å². The maximum absolute atomic E-state index is 6.76. The van der Waals surface area contributed by atoms with E-state index in [4.69, 9.17) is 4.74 Å². The molecule has 1 aromatic heterocycles. The highest BCUT2D eigenvalue weighted by Crippen LogP contribution is 2.58. The van der Waals surface area contributed by atoms with Gasteiger partial charge in [0.15, 0.2) is 0 Å². The Bertz CT molecular complexity index is 2380. The van der Waals surface area contributed by atoms with Gasteiger partial charge >= 0.3 is 0 Å². The van der Waals surface area contributed by atoms with Crippen molar-refractivity contribution in [2.45, 2.75) is 12.0 Å². The summed E-state index contributed by atoms with van der Waals surface area (Å²) in [7, 11) is 0. The molecule has 6 aromatic carbocycles. The van der Waals surface area contributed by atoms with Crippen LogP contribution in [0.1, 0.15) is 11.5 Å². The summed E-state index contributed by atoms with van der Waals surface area (Å²) in [5.74, 6) is 2.03. The van der Waals surface area contributed by atoms with Crippen LogP contribution in [0.3, 0.4) is 0 Å². The lowest BCUT2D eigenvalue weighted by Crippen LogP contribution is -2.28. The third-order valence-electron chi connectivity index (χ3n) is 9.72. The van der Waals surface area contributed by atoms with Crippen LogP contribution in [-0.2, 0) is 0 Å². The van der Waals surface area contributed by atoms with Crippen molar-refractivity contribution in [3.8, 4) is 39.4 Å². The molecule has 2 unspecified atom stereocenters. The van der Waals surface area contributed by atoms with Crippen LogP contribution in [0.25, 0.3) is 49.7 Å². The molecule has 0 fully saturated rings. The molecule has 3 heteroatoms. The Morgan fingerprint density at radius 1 is 0.511 bits per heavy atom. The monoisotopic (exact) mass is 576 g/mol. The van der Waals surface area contributed by atoms with E-state index in [1.54, 1.807) is 0 Å². The van der Waals surface area contributed by atoms with Crippen molar-refractivity contribution in [3.05, 3.63) is 163 Å². The molecule has 2 aliphatic heterocycles. The van der Waals surface area contributed by atoms with Crippen LogP contribution in [0.4, 0.5) is 11.4 Å². The van der Waals surface area contributed by atoms with E-state index >= 15 is 0 Å². The normalized spacial score (nSPS) is 17.3. The van der Waals surface area contributed by atoms with E-state index in [1.807, 2.05) is 0 Å². The standard InChI is InChI=1S/C42H28N2O/c1-2-12-27(13-3-1)43-36-19-9-7-16-31(36)35-26-28(22-24-38(35)43)44-37-20-10-6-15-30(37)34-23-25-40-41(42(34)44)33-18-5-4-14-29(33)32-17-8-11-21-39(32)45-40/h1-26,30,37H. The van der Waals surface area contributed by atoms with E-state index in [0.29, 0.717) is 0 Å². The zero-order chi connectivity index (χ0) is 29.5. The summed E-state index contributed by atoms with van der Waals surface area (Å²) in [6.45, 7) is 0. The Morgan fingerprint density at radius 2 is 1.24 bits per heavy atom. The first kappa shape index (κ1) is 24.6. The minimum Gasteiger partial charge on any atom is -0.456 e. The molecule has 0 N–H and O–H groups in total.